The molecule has 1 saturated carbocycles. The highest BCUT2D eigenvalue weighted by Crippen LogP contribution is 2.32. The second-order valence-corrected chi connectivity index (χ2v) is 9.45. The predicted molar refractivity (Wildman–Crippen MR) is 116 cm³/mol. The molecule has 1 aromatic heterocycles. The summed E-state index contributed by atoms with van der Waals surface area (Å²) in [5.74, 6) is 1.01. The number of thiophene rings is 1. The molecule has 2 aliphatic carbocycles. The summed E-state index contributed by atoms with van der Waals surface area (Å²) in [7, 11) is 0. The number of nitrogens with one attached hydrogen (secondary N) is 1. The van der Waals surface area contributed by atoms with Crippen molar-refractivity contribution in [2.24, 2.45) is 5.92 Å². The van der Waals surface area contributed by atoms with Crippen molar-refractivity contribution in [3.8, 4) is 0 Å². The van der Waals surface area contributed by atoms with Crippen LogP contribution in [0.3, 0.4) is 0 Å². The van der Waals surface area contributed by atoms with Gasteiger partial charge in [-0.05, 0) is 93.3 Å². The summed E-state index contributed by atoms with van der Waals surface area (Å²) in [6.45, 7) is 5.45. The van der Waals surface area contributed by atoms with Gasteiger partial charge in [-0.1, -0.05) is 26.2 Å². The molecule has 1 heterocycles. The molecule has 0 radical (unpaired) electrons. The third-order valence-electron chi connectivity index (χ3n) is 6.81. The number of carbonyl (C=O) groups excluding carboxylic acids is 1. The van der Waals surface area contributed by atoms with Crippen molar-refractivity contribution in [3.05, 3.63) is 21.4 Å². The predicted octanol–water partition coefficient (Wildman–Crippen LogP) is 4.97. The first kappa shape index (κ1) is 20.9. The van der Waals surface area contributed by atoms with Crippen LogP contribution in [-0.2, 0) is 24.1 Å². The molecule has 1 fully saturated rings. The van der Waals surface area contributed by atoms with Gasteiger partial charge in [-0.15, -0.1) is 11.3 Å². The molecule has 152 valence electrons. The van der Waals surface area contributed by atoms with Crippen LogP contribution in [0.5, 0.6) is 0 Å². The van der Waals surface area contributed by atoms with E-state index in [0.717, 1.165) is 31.8 Å². The van der Waals surface area contributed by atoms with Gasteiger partial charge >= 0.3 is 0 Å². The average molecular weight is 391 g/mol. The van der Waals surface area contributed by atoms with Crippen LogP contribution in [0.2, 0.25) is 0 Å². The Kier molecular flexibility index (Phi) is 8.66. The van der Waals surface area contributed by atoms with Crippen LogP contribution in [0.25, 0.3) is 0 Å². The standard InChI is InChI=1S/C23H38N2OS/c1-2-25(16-6-9-19-7-5-8-19)21(14-15-24-18-26)13-12-20-17-27-23-11-4-3-10-22(20)23/h17-19,21H,2-16H2,1H3,(H,24,26). The van der Waals surface area contributed by atoms with Crippen molar-refractivity contribution < 1.29 is 4.79 Å². The number of rotatable bonds is 13. The summed E-state index contributed by atoms with van der Waals surface area (Å²) in [5, 5.41) is 5.32. The molecule has 1 unspecified atom stereocenters. The van der Waals surface area contributed by atoms with Gasteiger partial charge in [0.15, 0.2) is 0 Å². The molecular formula is C23H38N2OS. The highest BCUT2D eigenvalue weighted by molar-refractivity contribution is 7.10. The largest absolute Gasteiger partial charge is 0.359 e. The number of amides is 1. The van der Waals surface area contributed by atoms with Crippen molar-refractivity contribution in [3.63, 3.8) is 0 Å². The van der Waals surface area contributed by atoms with Crippen molar-refractivity contribution in [1.29, 1.82) is 0 Å². The second-order valence-electron chi connectivity index (χ2n) is 8.49. The van der Waals surface area contributed by atoms with Gasteiger partial charge in [-0.25, -0.2) is 0 Å². The third kappa shape index (κ3) is 6.05. The molecule has 1 N–H and O–H groups in total. The van der Waals surface area contributed by atoms with Crippen LogP contribution in [0.4, 0.5) is 0 Å². The monoisotopic (exact) mass is 390 g/mol. The highest BCUT2D eigenvalue weighted by atomic mass is 32.1. The summed E-state index contributed by atoms with van der Waals surface area (Å²) >= 11 is 1.99. The molecule has 3 rings (SSSR count). The molecule has 2 aliphatic rings. The molecule has 0 bridgehead atoms. The summed E-state index contributed by atoms with van der Waals surface area (Å²) < 4.78 is 0. The lowest BCUT2D eigenvalue weighted by Gasteiger charge is -2.32. The minimum absolute atomic E-state index is 0.586. The Morgan fingerprint density at radius 2 is 2.11 bits per heavy atom. The number of hydrogen-bond acceptors (Lipinski definition) is 3. The normalized spacial score (nSPS) is 18.1. The maximum absolute atomic E-state index is 10.7. The van der Waals surface area contributed by atoms with Gasteiger partial charge in [0.05, 0.1) is 0 Å². The number of nitrogens with zero attached hydrogens (tertiary/aromatic N) is 1. The molecular weight excluding hydrogens is 352 g/mol. The summed E-state index contributed by atoms with van der Waals surface area (Å²) in [5.41, 5.74) is 3.30. The SMILES string of the molecule is CCN(CCCC1CCC1)C(CCNC=O)CCc1csc2c1CCCC2. The minimum atomic E-state index is 0.586. The van der Waals surface area contributed by atoms with Gasteiger partial charge in [-0.3, -0.25) is 4.79 Å². The molecule has 1 atom stereocenters. The third-order valence-corrected chi connectivity index (χ3v) is 7.94. The van der Waals surface area contributed by atoms with E-state index in [1.807, 2.05) is 11.3 Å². The van der Waals surface area contributed by atoms with Crippen molar-refractivity contribution in [2.75, 3.05) is 19.6 Å². The van der Waals surface area contributed by atoms with E-state index in [0.29, 0.717) is 6.04 Å². The van der Waals surface area contributed by atoms with Gasteiger partial charge in [0.2, 0.25) is 6.41 Å². The molecule has 3 nitrogen and oxygen atoms in total. The minimum Gasteiger partial charge on any atom is -0.359 e. The molecule has 1 aromatic rings. The summed E-state index contributed by atoms with van der Waals surface area (Å²) in [4.78, 5) is 15.0. The van der Waals surface area contributed by atoms with Crippen LogP contribution in [0.15, 0.2) is 5.38 Å². The van der Waals surface area contributed by atoms with Crippen molar-refractivity contribution >= 4 is 17.7 Å². The van der Waals surface area contributed by atoms with Gasteiger partial charge in [-0.2, -0.15) is 0 Å². The molecule has 1 amide bonds. The molecule has 0 aromatic carbocycles. The van der Waals surface area contributed by atoms with E-state index in [4.69, 9.17) is 0 Å². The highest BCUT2D eigenvalue weighted by Gasteiger charge is 2.21. The Labute approximate surface area is 169 Å². The zero-order valence-electron chi connectivity index (χ0n) is 17.2. The summed E-state index contributed by atoms with van der Waals surface area (Å²) in [6, 6.07) is 0.586. The zero-order chi connectivity index (χ0) is 18.9. The number of aryl methyl sites for hydroxylation is 2. The van der Waals surface area contributed by atoms with Crippen LogP contribution >= 0.6 is 11.3 Å². The first-order valence-corrected chi connectivity index (χ1v) is 12.2. The van der Waals surface area contributed by atoms with Crippen LogP contribution in [0, 0.1) is 5.92 Å². The van der Waals surface area contributed by atoms with E-state index in [1.165, 1.54) is 77.2 Å². The smallest absolute Gasteiger partial charge is 0.207 e. The summed E-state index contributed by atoms with van der Waals surface area (Å²) in [6.07, 6.45) is 16.8. The van der Waals surface area contributed by atoms with E-state index < -0.39 is 0 Å². The maximum Gasteiger partial charge on any atom is 0.207 e. The molecule has 27 heavy (non-hydrogen) atoms. The van der Waals surface area contributed by atoms with E-state index in [2.05, 4.69) is 22.5 Å². The number of fused-ring (bicyclic) bond motifs is 1. The Balaban J connectivity index is 1.53. The van der Waals surface area contributed by atoms with Crippen LogP contribution in [-0.4, -0.2) is 37.0 Å². The second kappa shape index (κ2) is 11.2. The Bertz CT molecular complexity index is 567. The number of hydrogen-bond donors (Lipinski definition) is 1. The fourth-order valence-electron chi connectivity index (χ4n) is 4.87. The van der Waals surface area contributed by atoms with E-state index in [1.54, 1.807) is 16.0 Å². The van der Waals surface area contributed by atoms with Gasteiger partial charge < -0.3 is 10.2 Å². The lowest BCUT2D eigenvalue weighted by Crippen LogP contribution is -2.38. The van der Waals surface area contributed by atoms with Crippen molar-refractivity contribution in [2.45, 2.75) is 90.0 Å². The van der Waals surface area contributed by atoms with E-state index >= 15 is 0 Å². The van der Waals surface area contributed by atoms with Gasteiger partial charge in [0.25, 0.3) is 0 Å². The maximum atomic E-state index is 10.7. The van der Waals surface area contributed by atoms with Gasteiger partial charge in [0, 0.05) is 17.5 Å². The van der Waals surface area contributed by atoms with Crippen LogP contribution in [0.1, 0.15) is 80.7 Å². The Hall–Kier alpha value is -0.870. The van der Waals surface area contributed by atoms with Crippen LogP contribution < -0.4 is 5.32 Å². The van der Waals surface area contributed by atoms with Crippen molar-refractivity contribution in [1.82, 2.24) is 10.2 Å². The molecule has 0 spiro atoms. The fourth-order valence-corrected chi connectivity index (χ4v) is 6.06. The number of carbonyl (C=O) groups is 1. The average Bonchev–Trinajstić information content (AvgIpc) is 3.07. The topological polar surface area (TPSA) is 32.3 Å². The lowest BCUT2D eigenvalue weighted by molar-refractivity contribution is -0.109. The Morgan fingerprint density at radius 1 is 1.26 bits per heavy atom. The quantitative estimate of drug-likeness (QED) is 0.381. The molecule has 0 saturated heterocycles. The fraction of sp³-hybridized carbons (Fsp3) is 0.783. The Morgan fingerprint density at radius 3 is 2.85 bits per heavy atom. The zero-order valence-corrected chi connectivity index (χ0v) is 18.0. The van der Waals surface area contributed by atoms with E-state index in [9.17, 15) is 4.79 Å². The van der Waals surface area contributed by atoms with Gasteiger partial charge in [0.1, 0.15) is 0 Å². The first-order chi connectivity index (χ1) is 13.3. The molecule has 0 aliphatic heterocycles. The molecule has 4 heteroatoms. The first-order valence-electron chi connectivity index (χ1n) is 11.3. The van der Waals surface area contributed by atoms with E-state index in [-0.39, 0.29) is 0 Å². The lowest BCUT2D eigenvalue weighted by atomic mass is 9.82.